The van der Waals surface area contributed by atoms with Crippen LogP contribution in [0.15, 0.2) is 47.6 Å². The molecule has 1 saturated heterocycles. The molecule has 0 spiro atoms. The van der Waals surface area contributed by atoms with E-state index in [9.17, 15) is 9.18 Å². The molecule has 3 aromatic rings. The van der Waals surface area contributed by atoms with Crippen molar-refractivity contribution in [1.82, 2.24) is 14.8 Å². The molecule has 0 bridgehead atoms. The number of para-hydroxylation sites is 1. The molecule has 4 rings (SSSR count). The Bertz CT molecular complexity index is 1090. The Balaban J connectivity index is 1.48. The van der Waals surface area contributed by atoms with Crippen LogP contribution in [0.2, 0.25) is 10.0 Å². The lowest BCUT2D eigenvalue weighted by Crippen LogP contribution is -2.37. The van der Waals surface area contributed by atoms with Gasteiger partial charge in [-0.3, -0.25) is 9.36 Å². The third kappa shape index (κ3) is 5.35. The Morgan fingerprint density at radius 2 is 1.84 bits per heavy atom. The van der Waals surface area contributed by atoms with Gasteiger partial charge in [-0.25, -0.2) is 4.39 Å². The van der Waals surface area contributed by atoms with Gasteiger partial charge in [0.15, 0.2) is 5.16 Å². The number of carbonyl (C=O) groups is 1. The van der Waals surface area contributed by atoms with E-state index in [0.717, 1.165) is 0 Å². The SMILES string of the molecule is O=C(CCSc1nnc(N2CCOCC2)n1-c1cccc(F)c1)Nc1c(Cl)cccc1Cl. The minimum absolute atomic E-state index is 0.203. The Morgan fingerprint density at radius 1 is 1.12 bits per heavy atom. The van der Waals surface area contributed by atoms with Crippen molar-refractivity contribution in [2.24, 2.45) is 0 Å². The lowest BCUT2D eigenvalue weighted by Gasteiger charge is -2.27. The standard InChI is InChI=1S/C21H20Cl2FN5O2S/c22-16-5-2-6-17(23)19(16)25-18(30)7-12-32-21-27-26-20(28-8-10-31-11-9-28)29(21)15-4-1-3-14(24)13-15/h1-6,13H,7-12H2,(H,25,30). The van der Waals surface area contributed by atoms with Gasteiger partial charge >= 0.3 is 0 Å². The number of hydrogen-bond acceptors (Lipinski definition) is 6. The number of ether oxygens (including phenoxy) is 1. The molecule has 0 unspecified atom stereocenters. The number of nitrogens with zero attached hydrogens (tertiary/aromatic N) is 4. The summed E-state index contributed by atoms with van der Waals surface area (Å²) in [5, 5.41) is 12.7. The summed E-state index contributed by atoms with van der Waals surface area (Å²) in [4.78, 5) is 14.5. The molecule has 1 N–H and O–H groups in total. The summed E-state index contributed by atoms with van der Waals surface area (Å²) in [6.45, 7) is 2.50. The second kappa shape index (κ2) is 10.5. The number of halogens is 3. The number of benzene rings is 2. The van der Waals surface area contributed by atoms with E-state index in [1.165, 1.54) is 23.9 Å². The molecule has 32 heavy (non-hydrogen) atoms. The van der Waals surface area contributed by atoms with Gasteiger partial charge in [0.1, 0.15) is 5.82 Å². The summed E-state index contributed by atoms with van der Waals surface area (Å²) >= 11 is 13.6. The molecule has 1 aliphatic rings. The zero-order valence-electron chi connectivity index (χ0n) is 16.9. The Morgan fingerprint density at radius 3 is 2.56 bits per heavy atom. The van der Waals surface area contributed by atoms with Crippen molar-refractivity contribution in [3.63, 3.8) is 0 Å². The van der Waals surface area contributed by atoms with E-state index in [2.05, 4.69) is 20.4 Å². The number of carbonyl (C=O) groups excluding carboxylic acids is 1. The molecule has 1 fully saturated rings. The molecule has 0 aliphatic carbocycles. The second-order valence-corrected chi connectivity index (χ2v) is 8.82. The molecular weight excluding hydrogens is 476 g/mol. The van der Waals surface area contributed by atoms with E-state index >= 15 is 0 Å². The van der Waals surface area contributed by atoms with Crippen molar-refractivity contribution in [3.8, 4) is 5.69 Å². The third-order valence-corrected chi connectivity index (χ3v) is 6.32. The predicted molar refractivity (Wildman–Crippen MR) is 125 cm³/mol. The molecule has 0 radical (unpaired) electrons. The number of aromatic nitrogens is 3. The fraction of sp³-hybridized carbons (Fsp3) is 0.286. The monoisotopic (exact) mass is 495 g/mol. The Labute approximate surface area is 198 Å². The number of nitrogens with one attached hydrogen (secondary N) is 1. The molecule has 1 amide bonds. The topological polar surface area (TPSA) is 72.3 Å². The summed E-state index contributed by atoms with van der Waals surface area (Å²) in [6, 6.07) is 11.3. The molecule has 7 nitrogen and oxygen atoms in total. The van der Waals surface area contributed by atoms with Crippen LogP contribution >= 0.6 is 35.0 Å². The van der Waals surface area contributed by atoms with Crippen LogP contribution < -0.4 is 10.2 Å². The van der Waals surface area contributed by atoms with Crippen LogP contribution in [0.5, 0.6) is 0 Å². The van der Waals surface area contributed by atoms with Crippen LogP contribution in [0, 0.1) is 5.82 Å². The number of rotatable bonds is 7. The Hall–Kier alpha value is -2.33. The van der Waals surface area contributed by atoms with Crippen molar-refractivity contribution in [2.45, 2.75) is 11.6 Å². The average molecular weight is 496 g/mol. The predicted octanol–water partition coefficient (Wildman–Crippen LogP) is 4.67. The van der Waals surface area contributed by atoms with Crippen molar-refractivity contribution >= 4 is 52.5 Å². The maximum Gasteiger partial charge on any atom is 0.232 e. The van der Waals surface area contributed by atoms with E-state index in [4.69, 9.17) is 27.9 Å². The van der Waals surface area contributed by atoms with Crippen LogP contribution in [0.3, 0.4) is 0 Å². The van der Waals surface area contributed by atoms with E-state index in [1.54, 1.807) is 30.3 Å². The first kappa shape index (κ1) is 22.8. The second-order valence-electron chi connectivity index (χ2n) is 6.94. The smallest absolute Gasteiger partial charge is 0.232 e. The van der Waals surface area contributed by atoms with Crippen molar-refractivity contribution in [2.75, 3.05) is 42.3 Å². The van der Waals surface area contributed by atoms with Gasteiger partial charge in [0, 0.05) is 25.3 Å². The van der Waals surface area contributed by atoms with Gasteiger partial charge in [-0.05, 0) is 30.3 Å². The summed E-state index contributed by atoms with van der Waals surface area (Å²) in [5.41, 5.74) is 1.01. The summed E-state index contributed by atoms with van der Waals surface area (Å²) in [5.74, 6) is 0.479. The highest BCUT2D eigenvalue weighted by molar-refractivity contribution is 7.99. The summed E-state index contributed by atoms with van der Waals surface area (Å²) in [6.07, 6.45) is 0.203. The zero-order chi connectivity index (χ0) is 22.5. The highest BCUT2D eigenvalue weighted by Crippen LogP contribution is 2.31. The lowest BCUT2D eigenvalue weighted by molar-refractivity contribution is -0.115. The molecule has 168 valence electrons. The van der Waals surface area contributed by atoms with Crippen molar-refractivity contribution in [1.29, 1.82) is 0 Å². The van der Waals surface area contributed by atoms with E-state index in [1.807, 2.05) is 4.57 Å². The highest BCUT2D eigenvalue weighted by atomic mass is 35.5. The number of morpholine rings is 1. The lowest BCUT2D eigenvalue weighted by atomic mass is 10.3. The maximum absolute atomic E-state index is 13.9. The highest BCUT2D eigenvalue weighted by Gasteiger charge is 2.22. The van der Waals surface area contributed by atoms with E-state index in [-0.39, 0.29) is 18.1 Å². The molecule has 1 aliphatic heterocycles. The number of hydrogen-bond donors (Lipinski definition) is 1. The van der Waals surface area contributed by atoms with Gasteiger partial charge in [-0.1, -0.05) is 47.1 Å². The normalized spacial score (nSPS) is 13.9. The van der Waals surface area contributed by atoms with Crippen LogP contribution in [-0.4, -0.2) is 52.7 Å². The molecule has 2 heterocycles. The fourth-order valence-electron chi connectivity index (χ4n) is 3.22. The van der Waals surface area contributed by atoms with Gasteiger partial charge < -0.3 is 15.0 Å². The minimum Gasteiger partial charge on any atom is -0.378 e. The number of thioether (sulfide) groups is 1. The first-order chi connectivity index (χ1) is 15.5. The molecule has 0 saturated carbocycles. The van der Waals surface area contributed by atoms with Crippen molar-refractivity contribution in [3.05, 3.63) is 58.3 Å². The number of amides is 1. The van der Waals surface area contributed by atoms with Gasteiger partial charge in [0.25, 0.3) is 0 Å². The maximum atomic E-state index is 13.9. The Kier molecular flexibility index (Phi) is 7.51. The van der Waals surface area contributed by atoms with Crippen LogP contribution in [0.25, 0.3) is 5.69 Å². The first-order valence-electron chi connectivity index (χ1n) is 9.93. The van der Waals surface area contributed by atoms with Crippen molar-refractivity contribution < 1.29 is 13.9 Å². The van der Waals surface area contributed by atoms with Crippen LogP contribution in [0.4, 0.5) is 16.0 Å². The largest absolute Gasteiger partial charge is 0.378 e. The fourth-order valence-corrected chi connectivity index (χ4v) is 4.60. The van der Waals surface area contributed by atoms with Crippen LogP contribution in [0.1, 0.15) is 6.42 Å². The zero-order valence-corrected chi connectivity index (χ0v) is 19.3. The van der Waals surface area contributed by atoms with E-state index < -0.39 is 0 Å². The quantitative estimate of drug-likeness (QED) is 0.480. The van der Waals surface area contributed by atoms with Gasteiger partial charge in [0.2, 0.25) is 11.9 Å². The van der Waals surface area contributed by atoms with Crippen LogP contribution in [-0.2, 0) is 9.53 Å². The van der Waals surface area contributed by atoms with Gasteiger partial charge in [-0.15, -0.1) is 10.2 Å². The minimum atomic E-state index is -0.351. The molecule has 11 heteroatoms. The molecule has 2 aromatic carbocycles. The van der Waals surface area contributed by atoms with Gasteiger partial charge in [-0.2, -0.15) is 0 Å². The first-order valence-corrected chi connectivity index (χ1v) is 11.7. The summed E-state index contributed by atoms with van der Waals surface area (Å²) in [7, 11) is 0. The third-order valence-electron chi connectivity index (χ3n) is 4.76. The van der Waals surface area contributed by atoms with Gasteiger partial charge in [0.05, 0.1) is 34.6 Å². The molecule has 0 atom stereocenters. The van der Waals surface area contributed by atoms with E-state index in [0.29, 0.717) is 64.6 Å². The molecule has 1 aromatic heterocycles. The summed E-state index contributed by atoms with van der Waals surface area (Å²) < 4.78 is 21.2. The number of anilines is 2. The molecular formula is C21H20Cl2FN5O2S. The average Bonchev–Trinajstić information content (AvgIpc) is 3.21.